The summed E-state index contributed by atoms with van der Waals surface area (Å²) >= 11 is 0. The fourth-order valence-corrected chi connectivity index (χ4v) is 3.08. The molecule has 0 aliphatic carbocycles. The number of piperazine rings is 1. The van der Waals surface area contributed by atoms with E-state index in [2.05, 4.69) is 15.3 Å². The molecule has 1 aromatic heterocycles. The predicted molar refractivity (Wildman–Crippen MR) is 100 cm³/mol. The number of rotatable bonds is 5. The molecule has 7 nitrogen and oxygen atoms in total. The number of benzene rings is 1. The maximum absolute atomic E-state index is 14.3. The van der Waals surface area contributed by atoms with Gasteiger partial charge in [-0.25, -0.2) is 14.4 Å². The zero-order valence-electron chi connectivity index (χ0n) is 15.4. The van der Waals surface area contributed by atoms with Crippen LogP contribution in [0, 0.1) is 5.82 Å². The first-order chi connectivity index (χ1) is 13.0. The third-order valence-electron chi connectivity index (χ3n) is 4.74. The number of hydrogen-bond donors (Lipinski definition) is 1. The van der Waals surface area contributed by atoms with E-state index in [1.54, 1.807) is 30.6 Å². The molecule has 1 aliphatic heterocycles. The Morgan fingerprint density at radius 3 is 2.41 bits per heavy atom. The lowest BCUT2D eigenvalue weighted by Gasteiger charge is -2.38. The van der Waals surface area contributed by atoms with E-state index in [1.165, 1.54) is 13.0 Å². The monoisotopic (exact) mass is 371 g/mol. The zero-order valence-corrected chi connectivity index (χ0v) is 15.4. The van der Waals surface area contributed by atoms with Crippen molar-refractivity contribution in [1.82, 2.24) is 14.9 Å². The molecule has 1 N–H and O–H groups in total. The highest BCUT2D eigenvalue weighted by atomic mass is 19.1. The molecule has 142 valence electrons. The van der Waals surface area contributed by atoms with Gasteiger partial charge in [-0.15, -0.1) is 0 Å². The molecule has 0 saturated carbocycles. The number of nitrogens with zero attached hydrogens (tertiary/aromatic N) is 4. The SMILES string of the molecule is CC(=O)c1ccc(N2CCN(C(C)C(=O)Nc3ncccn3)CC2)c(F)c1. The summed E-state index contributed by atoms with van der Waals surface area (Å²) in [6, 6.07) is 5.90. The van der Waals surface area contributed by atoms with Crippen molar-refractivity contribution in [3.8, 4) is 0 Å². The maximum atomic E-state index is 14.3. The summed E-state index contributed by atoms with van der Waals surface area (Å²) in [5.74, 6) is -0.456. The molecule has 27 heavy (non-hydrogen) atoms. The normalized spacial score (nSPS) is 16.0. The Hall–Kier alpha value is -2.87. The number of nitrogens with one attached hydrogen (secondary N) is 1. The van der Waals surface area contributed by atoms with Crippen molar-refractivity contribution in [3.05, 3.63) is 48.0 Å². The van der Waals surface area contributed by atoms with Crippen molar-refractivity contribution in [1.29, 1.82) is 0 Å². The summed E-state index contributed by atoms with van der Waals surface area (Å²) in [6.07, 6.45) is 3.13. The number of Topliss-reactive ketones (excluding diaryl/α,β-unsaturated/α-hetero) is 1. The van der Waals surface area contributed by atoms with Crippen LogP contribution in [0.3, 0.4) is 0 Å². The van der Waals surface area contributed by atoms with E-state index in [-0.39, 0.29) is 23.7 Å². The Kier molecular flexibility index (Phi) is 5.75. The van der Waals surface area contributed by atoms with Crippen molar-refractivity contribution in [2.45, 2.75) is 19.9 Å². The highest BCUT2D eigenvalue weighted by molar-refractivity contribution is 5.94. The molecule has 2 heterocycles. The highest BCUT2D eigenvalue weighted by Crippen LogP contribution is 2.23. The molecule has 8 heteroatoms. The fourth-order valence-electron chi connectivity index (χ4n) is 3.08. The van der Waals surface area contributed by atoms with Crippen LogP contribution < -0.4 is 10.2 Å². The Balaban J connectivity index is 1.58. The van der Waals surface area contributed by atoms with Gasteiger partial charge in [0.1, 0.15) is 5.82 Å². The van der Waals surface area contributed by atoms with E-state index >= 15 is 0 Å². The Labute approximate surface area is 157 Å². The topological polar surface area (TPSA) is 78.4 Å². The van der Waals surface area contributed by atoms with E-state index in [0.29, 0.717) is 37.4 Å². The number of carbonyl (C=O) groups excluding carboxylic acids is 2. The Bertz CT molecular complexity index is 822. The van der Waals surface area contributed by atoms with Gasteiger partial charge in [0.05, 0.1) is 11.7 Å². The first kappa shape index (κ1) is 18.9. The number of halogens is 1. The summed E-state index contributed by atoms with van der Waals surface area (Å²) in [5, 5.41) is 2.70. The lowest BCUT2D eigenvalue weighted by molar-refractivity contribution is -0.120. The first-order valence-corrected chi connectivity index (χ1v) is 8.83. The molecule has 1 fully saturated rings. The minimum Gasteiger partial charge on any atom is -0.367 e. The summed E-state index contributed by atoms with van der Waals surface area (Å²) in [5.41, 5.74) is 0.845. The van der Waals surface area contributed by atoms with Gasteiger partial charge in [0.25, 0.3) is 0 Å². The van der Waals surface area contributed by atoms with Gasteiger partial charge in [-0.1, -0.05) is 0 Å². The smallest absolute Gasteiger partial charge is 0.243 e. The van der Waals surface area contributed by atoms with Gasteiger partial charge in [0.2, 0.25) is 11.9 Å². The largest absolute Gasteiger partial charge is 0.367 e. The second-order valence-corrected chi connectivity index (χ2v) is 6.48. The average molecular weight is 371 g/mol. The van der Waals surface area contributed by atoms with Crippen molar-refractivity contribution < 1.29 is 14.0 Å². The van der Waals surface area contributed by atoms with Crippen LogP contribution in [-0.4, -0.2) is 58.8 Å². The first-order valence-electron chi connectivity index (χ1n) is 8.83. The third-order valence-corrected chi connectivity index (χ3v) is 4.74. The van der Waals surface area contributed by atoms with Crippen LogP contribution in [0.4, 0.5) is 16.0 Å². The van der Waals surface area contributed by atoms with Crippen molar-refractivity contribution in [3.63, 3.8) is 0 Å². The van der Waals surface area contributed by atoms with Crippen molar-refractivity contribution >= 4 is 23.3 Å². The fraction of sp³-hybridized carbons (Fsp3) is 0.368. The molecule has 0 bridgehead atoms. The summed E-state index contributed by atoms with van der Waals surface area (Å²) < 4.78 is 14.3. The Morgan fingerprint density at radius 1 is 1.15 bits per heavy atom. The van der Waals surface area contributed by atoms with Gasteiger partial charge < -0.3 is 4.90 Å². The van der Waals surface area contributed by atoms with E-state index in [9.17, 15) is 14.0 Å². The van der Waals surface area contributed by atoms with Crippen LogP contribution >= 0.6 is 0 Å². The van der Waals surface area contributed by atoms with Gasteiger partial charge in [-0.2, -0.15) is 0 Å². The molecular formula is C19H22FN5O2. The zero-order chi connectivity index (χ0) is 19.4. The number of anilines is 2. The molecule has 3 rings (SSSR count). The maximum Gasteiger partial charge on any atom is 0.243 e. The van der Waals surface area contributed by atoms with Gasteiger partial charge in [-0.3, -0.25) is 19.8 Å². The lowest BCUT2D eigenvalue weighted by atomic mass is 10.1. The minimum atomic E-state index is -0.400. The second-order valence-electron chi connectivity index (χ2n) is 6.48. The van der Waals surface area contributed by atoms with Gasteiger partial charge in [0.15, 0.2) is 5.78 Å². The number of amides is 1. The lowest BCUT2D eigenvalue weighted by Crippen LogP contribution is -2.53. The number of aromatic nitrogens is 2. The molecule has 1 aliphatic rings. The molecule has 1 atom stereocenters. The molecule has 2 aromatic rings. The van der Waals surface area contributed by atoms with Crippen molar-refractivity contribution in [2.75, 3.05) is 36.4 Å². The molecule has 1 aromatic carbocycles. The summed E-state index contributed by atoms with van der Waals surface area (Å²) in [7, 11) is 0. The van der Waals surface area contributed by atoms with E-state index in [4.69, 9.17) is 0 Å². The molecule has 0 radical (unpaired) electrons. The number of ketones is 1. The summed E-state index contributed by atoms with van der Waals surface area (Å²) in [6.45, 7) is 5.68. The molecule has 1 amide bonds. The predicted octanol–water partition coefficient (Wildman–Crippen LogP) is 1.97. The van der Waals surface area contributed by atoms with Crippen LogP contribution in [0.2, 0.25) is 0 Å². The molecule has 1 unspecified atom stereocenters. The number of hydrogen-bond acceptors (Lipinski definition) is 6. The average Bonchev–Trinajstić information content (AvgIpc) is 2.68. The van der Waals surface area contributed by atoms with Crippen LogP contribution in [-0.2, 0) is 4.79 Å². The van der Waals surface area contributed by atoms with E-state index in [0.717, 1.165) is 0 Å². The van der Waals surface area contributed by atoms with Crippen molar-refractivity contribution in [2.24, 2.45) is 0 Å². The third kappa shape index (κ3) is 4.46. The van der Waals surface area contributed by atoms with Crippen LogP contribution in [0.25, 0.3) is 0 Å². The second kappa shape index (κ2) is 8.22. The van der Waals surface area contributed by atoms with Crippen LogP contribution in [0.15, 0.2) is 36.7 Å². The summed E-state index contributed by atoms with van der Waals surface area (Å²) in [4.78, 5) is 35.7. The van der Waals surface area contributed by atoms with E-state index in [1.807, 2.05) is 16.7 Å². The highest BCUT2D eigenvalue weighted by Gasteiger charge is 2.27. The van der Waals surface area contributed by atoms with Crippen LogP contribution in [0.5, 0.6) is 0 Å². The van der Waals surface area contributed by atoms with Gasteiger partial charge in [-0.05, 0) is 38.1 Å². The van der Waals surface area contributed by atoms with Crippen LogP contribution in [0.1, 0.15) is 24.2 Å². The molecular weight excluding hydrogens is 349 g/mol. The molecule has 0 spiro atoms. The minimum absolute atomic E-state index is 0.160. The van der Waals surface area contributed by atoms with Gasteiger partial charge >= 0.3 is 0 Å². The molecule has 1 saturated heterocycles. The quantitative estimate of drug-likeness (QED) is 0.810. The standard InChI is InChI=1S/C19H22FN5O2/c1-13(18(27)23-19-21-6-3-7-22-19)24-8-10-25(11-9-24)17-5-4-15(14(2)26)12-16(17)20/h3-7,12-13H,8-11H2,1-2H3,(H,21,22,23,27). The number of carbonyl (C=O) groups is 2. The van der Waals surface area contributed by atoms with E-state index < -0.39 is 5.82 Å². The van der Waals surface area contributed by atoms with Gasteiger partial charge in [0, 0.05) is 44.1 Å². The Morgan fingerprint density at radius 2 is 1.81 bits per heavy atom.